The molecule has 1 saturated heterocycles. The lowest BCUT2D eigenvalue weighted by Gasteiger charge is -2.34. The minimum absolute atomic E-state index is 0.0204. The number of nitrogens with zero attached hydrogens (tertiary/aromatic N) is 2. The number of ether oxygens (including phenoxy) is 1. The Balaban J connectivity index is 1.44. The first-order valence-electron chi connectivity index (χ1n) is 8.24. The van der Waals surface area contributed by atoms with Gasteiger partial charge in [0.2, 0.25) is 5.91 Å². The molecule has 7 heteroatoms. The van der Waals surface area contributed by atoms with E-state index in [1.54, 1.807) is 36.6 Å². The summed E-state index contributed by atoms with van der Waals surface area (Å²) < 4.78 is 5.12. The molecule has 3 rings (SSSR count). The van der Waals surface area contributed by atoms with Crippen molar-refractivity contribution in [2.75, 3.05) is 45.2 Å². The number of carbonyl (C=O) groups excluding carboxylic acids is 1. The number of hydrogen-bond acceptors (Lipinski definition) is 5. The average Bonchev–Trinajstić information content (AvgIpc) is 3.10. The highest BCUT2D eigenvalue weighted by atomic mass is 35.5. The number of thiophene rings is 1. The molecule has 5 nitrogen and oxygen atoms in total. The van der Waals surface area contributed by atoms with Crippen molar-refractivity contribution in [3.63, 3.8) is 0 Å². The van der Waals surface area contributed by atoms with E-state index in [-0.39, 0.29) is 5.91 Å². The number of halogens is 1. The second kappa shape index (κ2) is 8.67. The van der Waals surface area contributed by atoms with Gasteiger partial charge in [-0.15, -0.1) is 11.3 Å². The van der Waals surface area contributed by atoms with E-state index < -0.39 is 0 Å². The molecule has 1 aromatic heterocycles. The van der Waals surface area contributed by atoms with Crippen molar-refractivity contribution in [2.45, 2.75) is 6.54 Å². The van der Waals surface area contributed by atoms with Crippen LogP contribution in [0, 0.1) is 0 Å². The van der Waals surface area contributed by atoms with Crippen molar-refractivity contribution in [3.8, 4) is 5.75 Å². The highest BCUT2D eigenvalue weighted by Gasteiger charge is 2.19. The van der Waals surface area contributed by atoms with E-state index in [1.807, 2.05) is 0 Å². The molecular formula is C18H22ClN3O2S. The van der Waals surface area contributed by atoms with Gasteiger partial charge in [-0.05, 0) is 29.6 Å². The maximum Gasteiger partial charge on any atom is 0.238 e. The molecule has 134 valence electrons. The topological polar surface area (TPSA) is 44.8 Å². The molecule has 2 aromatic rings. The van der Waals surface area contributed by atoms with E-state index in [2.05, 4.69) is 32.6 Å². The Hall–Kier alpha value is -1.60. The Morgan fingerprint density at radius 1 is 1.24 bits per heavy atom. The predicted molar refractivity (Wildman–Crippen MR) is 103 cm³/mol. The van der Waals surface area contributed by atoms with Gasteiger partial charge in [-0.3, -0.25) is 14.6 Å². The van der Waals surface area contributed by atoms with Crippen LogP contribution in [0.1, 0.15) is 4.88 Å². The number of amides is 1. The summed E-state index contributed by atoms with van der Waals surface area (Å²) in [5, 5.41) is 5.50. The second-order valence-corrected chi connectivity index (χ2v) is 7.47. The fraction of sp³-hybridized carbons (Fsp3) is 0.389. The Bertz CT molecular complexity index is 700. The van der Waals surface area contributed by atoms with Crippen molar-refractivity contribution < 1.29 is 9.53 Å². The molecule has 1 aliphatic rings. The standard InChI is InChI=1S/C18H22ClN3O2S/c1-24-17-5-4-14(11-16(17)19)20-18(23)13-22-8-6-21(7-9-22)12-15-3-2-10-25-15/h2-5,10-11H,6-9,12-13H2,1H3,(H,20,23). The van der Waals surface area contributed by atoms with E-state index >= 15 is 0 Å². The number of carbonyl (C=O) groups is 1. The van der Waals surface area contributed by atoms with Gasteiger partial charge in [0, 0.05) is 43.3 Å². The van der Waals surface area contributed by atoms with Gasteiger partial charge in [0.05, 0.1) is 18.7 Å². The minimum atomic E-state index is -0.0204. The Kier molecular flexibility index (Phi) is 6.31. The summed E-state index contributed by atoms with van der Waals surface area (Å²) in [5.74, 6) is 0.578. The lowest BCUT2D eigenvalue weighted by Crippen LogP contribution is -2.48. The number of benzene rings is 1. The highest BCUT2D eigenvalue weighted by Crippen LogP contribution is 2.27. The molecule has 0 saturated carbocycles. The summed E-state index contributed by atoms with van der Waals surface area (Å²) in [6.07, 6.45) is 0. The molecule has 1 aromatic carbocycles. The smallest absolute Gasteiger partial charge is 0.238 e. The van der Waals surface area contributed by atoms with Gasteiger partial charge in [0.25, 0.3) is 0 Å². The summed E-state index contributed by atoms with van der Waals surface area (Å²) >= 11 is 7.88. The number of rotatable bonds is 6. The molecule has 2 heterocycles. The van der Waals surface area contributed by atoms with Gasteiger partial charge >= 0.3 is 0 Å². The van der Waals surface area contributed by atoms with E-state index in [1.165, 1.54) is 4.88 Å². The van der Waals surface area contributed by atoms with Gasteiger partial charge in [-0.2, -0.15) is 0 Å². The van der Waals surface area contributed by atoms with Gasteiger partial charge in [0.1, 0.15) is 5.75 Å². The van der Waals surface area contributed by atoms with Gasteiger partial charge in [0.15, 0.2) is 0 Å². The van der Waals surface area contributed by atoms with E-state index in [0.29, 0.717) is 23.0 Å². The normalized spacial score (nSPS) is 15.9. The minimum Gasteiger partial charge on any atom is -0.495 e. The number of hydrogen-bond donors (Lipinski definition) is 1. The SMILES string of the molecule is COc1ccc(NC(=O)CN2CCN(Cc3cccs3)CC2)cc1Cl. The molecule has 0 radical (unpaired) electrons. The predicted octanol–water partition coefficient (Wildman–Crippen LogP) is 3.17. The lowest BCUT2D eigenvalue weighted by atomic mass is 10.2. The third-order valence-corrected chi connectivity index (χ3v) is 5.38. The molecule has 0 unspecified atom stereocenters. The first-order chi connectivity index (χ1) is 12.1. The van der Waals surface area contributed by atoms with Crippen molar-refractivity contribution in [2.24, 2.45) is 0 Å². The quantitative estimate of drug-likeness (QED) is 0.837. The van der Waals surface area contributed by atoms with Crippen LogP contribution in [0.25, 0.3) is 0 Å². The van der Waals surface area contributed by atoms with Crippen molar-refractivity contribution >= 4 is 34.5 Å². The summed E-state index contributed by atoms with van der Waals surface area (Å²) in [4.78, 5) is 18.3. The Labute approximate surface area is 157 Å². The van der Waals surface area contributed by atoms with Gasteiger partial charge < -0.3 is 10.1 Å². The van der Waals surface area contributed by atoms with Crippen molar-refractivity contribution in [3.05, 3.63) is 45.6 Å². The van der Waals surface area contributed by atoms with Crippen LogP contribution in [0.5, 0.6) is 5.75 Å². The van der Waals surface area contributed by atoms with Crippen LogP contribution in [0.3, 0.4) is 0 Å². The lowest BCUT2D eigenvalue weighted by molar-refractivity contribution is -0.117. The monoisotopic (exact) mass is 379 g/mol. The van der Waals surface area contributed by atoms with Crippen LogP contribution in [0.2, 0.25) is 5.02 Å². The van der Waals surface area contributed by atoms with Crippen molar-refractivity contribution in [1.82, 2.24) is 9.80 Å². The van der Waals surface area contributed by atoms with Crippen LogP contribution in [-0.4, -0.2) is 55.5 Å². The van der Waals surface area contributed by atoms with Gasteiger partial charge in [-0.1, -0.05) is 17.7 Å². The largest absolute Gasteiger partial charge is 0.495 e. The molecule has 0 atom stereocenters. The zero-order valence-electron chi connectivity index (χ0n) is 14.2. The van der Waals surface area contributed by atoms with Gasteiger partial charge in [-0.25, -0.2) is 0 Å². The van der Waals surface area contributed by atoms with Crippen LogP contribution in [0.4, 0.5) is 5.69 Å². The first-order valence-corrected chi connectivity index (χ1v) is 9.50. The van der Waals surface area contributed by atoms with E-state index in [0.717, 1.165) is 32.7 Å². The number of nitrogens with one attached hydrogen (secondary N) is 1. The molecule has 1 fully saturated rings. The van der Waals surface area contributed by atoms with E-state index in [9.17, 15) is 4.79 Å². The first kappa shape index (κ1) is 18.2. The fourth-order valence-electron chi connectivity index (χ4n) is 2.88. The summed E-state index contributed by atoms with van der Waals surface area (Å²) in [6, 6.07) is 9.51. The zero-order chi connectivity index (χ0) is 17.6. The Morgan fingerprint density at radius 2 is 2.00 bits per heavy atom. The molecule has 25 heavy (non-hydrogen) atoms. The highest BCUT2D eigenvalue weighted by molar-refractivity contribution is 7.09. The summed E-state index contributed by atoms with van der Waals surface area (Å²) in [5.41, 5.74) is 0.687. The fourth-order valence-corrected chi connectivity index (χ4v) is 3.88. The van der Waals surface area contributed by atoms with Crippen molar-refractivity contribution in [1.29, 1.82) is 0 Å². The third-order valence-electron chi connectivity index (χ3n) is 4.23. The molecular weight excluding hydrogens is 358 g/mol. The maximum absolute atomic E-state index is 12.2. The van der Waals surface area contributed by atoms with Crippen LogP contribution in [0.15, 0.2) is 35.7 Å². The molecule has 0 aliphatic carbocycles. The summed E-state index contributed by atoms with van der Waals surface area (Å²) in [7, 11) is 1.57. The number of piperazine rings is 1. The molecule has 0 bridgehead atoms. The molecule has 1 amide bonds. The maximum atomic E-state index is 12.2. The molecule has 1 N–H and O–H groups in total. The number of anilines is 1. The average molecular weight is 380 g/mol. The third kappa shape index (κ3) is 5.19. The van der Waals surface area contributed by atoms with E-state index in [4.69, 9.17) is 16.3 Å². The second-order valence-electron chi connectivity index (χ2n) is 6.03. The van der Waals surface area contributed by atoms with Crippen LogP contribution < -0.4 is 10.1 Å². The number of methoxy groups -OCH3 is 1. The Morgan fingerprint density at radius 3 is 2.64 bits per heavy atom. The summed E-state index contributed by atoms with van der Waals surface area (Å²) in [6.45, 7) is 5.18. The zero-order valence-corrected chi connectivity index (χ0v) is 15.8. The van der Waals surface area contributed by atoms with Crippen LogP contribution in [-0.2, 0) is 11.3 Å². The van der Waals surface area contributed by atoms with Crippen LogP contribution >= 0.6 is 22.9 Å². The molecule has 0 spiro atoms. The molecule has 1 aliphatic heterocycles.